The molecule has 7 heteroatoms. The van der Waals surface area contributed by atoms with Gasteiger partial charge in [0.05, 0.1) is 18.0 Å². The largest absolute Gasteiger partial charge is 0.395 e. The highest BCUT2D eigenvalue weighted by atomic mass is 32.2. The van der Waals surface area contributed by atoms with Crippen LogP contribution in [0.4, 0.5) is 0 Å². The Balaban J connectivity index is 3.32. The molecule has 1 heterocycles. The monoisotopic (exact) mass is 261 g/mol. The zero-order valence-corrected chi connectivity index (χ0v) is 11.6. The van der Waals surface area contributed by atoms with Gasteiger partial charge in [0.25, 0.3) is 0 Å². The summed E-state index contributed by atoms with van der Waals surface area (Å²) < 4.78 is 27.4. The second-order valence-electron chi connectivity index (χ2n) is 4.18. The molecule has 0 amide bonds. The molecule has 1 unspecified atom stereocenters. The van der Waals surface area contributed by atoms with E-state index in [1.807, 2.05) is 0 Å². The van der Waals surface area contributed by atoms with Gasteiger partial charge in [0.15, 0.2) is 0 Å². The first-order chi connectivity index (χ1) is 7.73. The Labute approximate surface area is 102 Å². The molecule has 1 aromatic rings. The standard InChI is InChI=1S/C10H19N3O3S/c1-7(6-14)13(5)17(15,16)10-8(2)11-12(4)9(10)3/h7,14H,6H2,1-5H3. The van der Waals surface area contributed by atoms with E-state index in [9.17, 15) is 8.42 Å². The molecule has 1 atom stereocenters. The van der Waals surface area contributed by atoms with Crippen LogP contribution in [0.1, 0.15) is 18.3 Å². The van der Waals surface area contributed by atoms with Crippen LogP contribution in [0, 0.1) is 13.8 Å². The van der Waals surface area contributed by atoms with Crippen LogP contribution in [0.25, 0.3) is 0 Å². The van der Waals surface area contributed by atoms with Crippen molar-refractivity contribution in [2.75, 3.05) is 13.7 Å². The van der Waals surface area contributed by atoms with Gasteiger partial charge in [-0.15, -0.1) is 0 Å². The van der Waals surface area contributed by atoms with Crippen LogP contribution in [0.2, 0.25) is 0 Å². The first-order valence-corrected chi connectivity index (χ1v) is 6.76. The molecule has 1 aromatic heterocycles. The zero-order valence-electron chi connectivity index (χ0n) is 10.8. The van der Waals surface area contributed by atoms with Gasteiger partial charge in [-0.05, 0) is 20.8 Å². The van der Waals surface area contributed by atoms with Crippen LogP contribution < -0.4 is 0 Å². The maximum Gasteiger partial charge on any atom is 0.246 e. The van der Waals surface area contributed by atoms with E-state index in [-0.39, 0.29) is 11.5 Å². The second-order valence-corrected chi connectivity index (χ2v) is 6.11. The van der Waals surface area contributed by atoms with Crippen molar-refractivity contribution in [3.63, 3.8) is 0 Å². The fourth-order valence-corrected chi connectivity index (χ4v) is 3.37. The molecule has 0 spiro atoms. The van der Waals surface area contributed by atoms with Gasteiger partial charge < -0.3 is 5.11 Å². The van der Waals surface area contributed by atoms with Crippen LogP contribution in [-0.2, 0) is 17.1 Å². The topological polar surface area (TPSA) is 75.4 Å². The first-order valence-electron chi connectivity index (χ1n) is 5.32. The lowest BCUT2D eigenvalue weighted by molar-refractivity contribution is 0.213. The van der Waals surface area contributed by atoms with Crippen molar-refractivity contribution in [3.8, 4) is 0 Å². The summed E-state index contributed by atoms with van der Waals surface area (Å²) in [7, 11) is -0.435. The zero-order chi connectivity index (χ0) is 13.4. The number of rotatable bonds is 4. The molecule has 0 aliphatic rings. The lowest BCUT2D eigenvalue weighted by Crippen LogP contribution is -2.37. The number of nitrogens with zero attached hydrogens (tertiary/aromatic N) is 3. The highest BCUT2D eigenvalue weighted by Gasteiger charge is 2.30. The molecule has 0 radical (unpaired) electrons. The van der Waals surface area contributed by atoms with Crippen molar-refractivity contribution < 1.29 is 13.5 Å². The van der Waals surface area contributed by atoms with E-state index in [4.69, 9.17) is 5.11 Å². The number of sulfonamides is 1. The van der Waals surface area contributed by atoms with Crippen molar-refractivity contribution in [2.45, 2.75) is 31.7 Å². The van der Waals surface area contributed by atoms with Crippen molar-refractivity contribution in [1.82, 2.24) is 14.1 Å². The minimum Gasteiger partial charge on any atom is -0.395 e. The van der Waals surface area contributed by atoms with Crippen LogP contribution >= 0.6 is 0 Å². The molecule has 98 valence electrons. The maximum absolute atomic E-state index is 12.3. The quantitative estimate of drug-likeness (QED) is 0.830. The molecule has 0 fully saturated rings. The maximum atomic E-state index is 12.3. The van der Waals surface area contributed by atoms with Gasteiger partial charge in [-0.25, -0.2) is 8.42 Å². The smallest absolute Gasteiger partial charge is 0.246 e. The number of aliphatic hydroxyl groups excluding tert-OH is 1. The van der Waals surface area contributed by atoms with Crippen molar-refractivity contribution in [1.29, 1.82) is 0 Å². The van der Waals surface area contributed by atoms with Crippen LogP contribution in [0.15, 0.2) is 4.90 Å². The lowest BCUT2D eigenvalue weighted by Gasteiger charge is -2.22. The van der Waals surface area contributed by atoms with Crippen molar-refractivity contribution in [2.24, 2.45) is 7.05 Å². The van der Waals surface area contributed by atoms with E-state index in [0.717, 1.165) is 0 Å². The summed E-state index contributed by atoms with van der Waals surface area (Å²) in [5, 5.41) is 13.1. The summed E-state index contributed by atoms with van der Waals surface area (Å²) in [4.78, 5) is 0.225. The fourth-order valence-electron chi connectivity index (χ4n) is 1.62. The average Bonchev–Trinajstić information content (AvgIpc) is 2.51. The second kappa shape index (κ2) is 4.75. The van der Waals surface area contributed by atoms with Crippen LogP contribution in [0.3, 0.4) is 0 Å². The van der Waals surface area contributed by atoms with E-state index in [1.54, 1.807) is 32.5 Å². The van der Waals surface area contributed by atoms with E-state index in [0.29, 0.717) is 11.4 Å². The van der Waals surface area contributed by atoms with E-state index >= 15 is 0 Å². The van der Waals surface area contributed by atoms with Crippen LogP contribution in [-0.4, -0.2) is 47.3 Å². The SMILES string of the molecule is Cc1nn(C)c(C)c1S(=O)(=O)N(C)C(C)CO. The molecule has 0 aromatic carbocycles. The summed E-state index contributed by atoms with van der Waals surface area (Å²) in [6.45, 7) is 4.81. The van der Waals surface area contributed by atoms with E-state index < -0.39 is 16.1 Å². The van der Waals surface area contributed by atoms with E-state index in [2.05, 4.69) is 5.10 Å². The number of hydrogen-bond acceptors (Lipinski definition) is 4. The Bertz CT molecular complexity index is 507. The lowest BCUT2D eigenvalue weighted by atomic mass is 10.4. The van der Waals surface area contributed by atoms with Gasteiger partial charge in [0, 0.05) is 20.1 Å². The predicted octanol–water partition coefficient (Wildman–Crippen LogP) is 0.0382. The summed E-state index contributed by atoms with van der Waals surface area (Å²) in [6.07, 6.45) is 0. The molecule has 0 saturated heterocycles. The molecular weight excluding hydrogens is 242 g/mol. The van der Waals surface area contributed by atoms with Gasteiger partial charge in [0.1, 0.15) is 4.90 Å². The third-order valence-electron chi connectivity index (χ3n) is 2.96. The van der Waals surface area contributed by atoms with Crippen LogP contribution in [0.5, 0.6) is 0 Å². The number of aliphatic hydroxyl groups is 1. The van der Waals surface area contributed by atoms with Gasteiger partial charge in [-0.3, -0.25) is 4.68 Å². The first kappa shape index (κ1) is 14.1. The molecule has 17 heavy (non-hydrogen) atoms. The molecule has 6 nitrogen and oxygen atoms in total. The highest BCUT2D eigenvalue weighted by Crippen LogP contribution is 2.23. The molecule has 0 aliphatic heterocycles. The molecule has 1 rings (SSSR count). The number of aromatic nitrogens is 2. The van der Waals surface area contributed by atoms with Gasteiger partial charge in [0.2, 0.25) is 10.0 Å². The van der Waals surface area contributed by atoms with Gasteiger partial charge in [-0.2, -0.15) is 9.40 Å². The molecule has 0 aliphatic carbocycles. The Morgan fingerprint density at radius 1 is 1.47 bits per heavy atom. The van der Waals surface area contributed by atoms with Crippen molar-refractivity contribution in [3.05, 3.63) is 11.4 Å². The Morgan fingerprint density at radius 3 is 2.35 bits per heavy atom. The summed E-state index contributed by atoms with van der Waals surface area (Å²) in [5.74, 6) is 0. The van der Waals surface area contributed by atoms with E-state index in [1.165, 1.54) is 11.4 Å². The normalized spacial score (nSPS) is 14.3. The highest BCUT2D eigenvalue weighted by molar-refractivity contribution is 7.89. The number of likely N-dealkylation sites (N-methyl/N-ethyl adjacent to an activating group) is 1. The average molecular weight is 261 g/mol. The summed E-state index contributed by atoms with van der Waals surface area (Å²) in [6, 6.07) is -0.459. The predicted molar refractivity (Wildman–Crippen MR) is 64.2 cm³/mol. The Kier molecular flexibility index (Phi) is 3.95. The van der Waals surface area contributed by atoms with Crippen molar-refractivity contribution >= 4 is 10.0 Å². The number of hydrogen-bond donors (Lipinski definition) is 1. The minimum atomic E-state index is -3.60. The molecule has 0 bridgehead atoms. The molecule has 0 saturated carbocycles. The Morgan fingerprint density at radius 2 is 2.00 bits per heavy atom. The van der Waals surface area contributed by atoms with Gasteiger partial charge >= 0.3 is 0 Å². The summed E-state index contributed by atoms with van der Waals surface area (Å²) in [5.41, 5.74) is 1.07. The fraction of sp³-hybridized carbons (Fsp3) is 0.700. The number of aryl methyl sites for hydroxylation is 2. The molecular formula is C10H19N3O3S. The Hall–Kier alpha value is -0.920. The molecule has 1 N–H and O–H groups in total. The third-order valence-corrected chi connectivity index (χ3v) is 5.19. The van der Waals surface area contributed by atoms with Gasteiger partial charge in [-0.1, -0.05) is 0 Å². The summed E-state index contributed by atoms with van der Waals surface area (Å²) >= 11 is 0. The minimum absolute atomic E-state index is 0.214. The third kappa shape index (κ3) is 2.36.